The van der Waals surface area contributed by atoms with Crippen molar-refractivity contribution in [1.82, 2.24) is 25.2 Å². The zero-order valence-corrected chi connectivity index (χ0v) is 13.2. The predicted molar refractivity (Wildman–Crippen MR) is 81.5 cm³/mol. The molecule has 0 radical (unpaired) electrons. The molecular formula is C12H12ClN5S2. The molecule has 1 aromatic carbocycles. The van der Waals surface area contributed by atoms with Gasteiger partial charge in [-0.3, -0.25) is 0 Å². The van der Waals surface area contributed by atoms with Gasteiger partial charge in [-0.15, -0.1) is 16.4 Å². The first-order valence-corrected chi connectivity index (χ1v) is 8.28. The van der Waals surface area contributed by atoms with Gasteiger partial charge in [-0.25, -0.2) is 9.67 Å². The maximum atomic E-state index is 6.14. The fourth-order valence-electron chi connectivity index (χ4n) is 1.73. The third kappa shape index (κ3) is 2.79. The quantitative estimate of drug-likeness (QED) is 0.712. The second-order valence-corrected chi connectivity index (χ2v) is 6.86. The van der Waals surface area contributed by atoms with Crippen molar-refractivity contribution in [3.63, 3.8) is 0 Å². The molecule has 8 heteroatoms. The fraction of sp³-hybridized carbons (Fsp3) is 0.333. The molecule has 0 amide bonds. The van der Waals surface area contributed by atoms with Crippen LogP contribution in [-0.2, 0) is 6.54 Å². The number of thiazole rings is 1. The van der Waals surface area contributed by atoms with Gasteiger partial charge in [-0.05, 0) is 40.7 Å². The summed E-state index contributed by atoms with van der Waals surface area (Å²) in [4.78, 5) is 4.55. The Morgan fingerprint density at radius 3 is 3.10 bits per heavy atom. The molecule has 104 valence electrons. The van der Waals surface area contributed by atoms with E-state index >= 15 is 0 Å². The average Bonchev–Trinajstić information content (AvgIpc) is 3.04. The smallest absolute Gasteiger partial charge is 0.216 e. The Labute approximate surface area is 129 Å². The molecule has 0 aliphatic carbocycles. The average molecular weight is 326 g/mol. The Hall–Kier alpha value is -1.18. The molecule has 2 heterocycles. The fourth-order valence-corrected chi connectivity index (χ4v) is 3.99. The standard InChI is InChI=1S/C12H12ClN5S2/c1-2-3-7-18-11(15-16-17-18)20-12-14-10-8(13)5-4-6-9(10)19-12/h4-6H,2-3,7H2,1H3. The molecule has 0 fully saturated rings. The van der Waals surface area contributed by atoms with E-state index in [0.29, 0.717) is 5.02 Å². The molecule has 2 aromatic heterocycles. The lowest BCUT2D eigenvalue weighted by Gasteiger charge is -2.00. The lowest BCUT2D eigenvalue weighted by atomic mass is 10.3. The summed E-state index contributed by atoms with van der Waals surface area (Å²) in [6.07, 6.45) is 2.17. The van der Waals surface area contributed by atoms with Crippen LogP contribution in [0.15, 0.2) is 27.7 Å². The highest BCUT2D eigenvalue weighted by Gasteiger charge is 2.12. The number of unbranched alkanes of at least 4 members (excludes halogenated alkanes) is 1. The van der Waals surface area contributed by atoms with E-state index in [9.17, 15) is 0 Å². The van der Waals surface area contributed by atoms with Gasteiger partial charge in [-0.1, -0.05) is 31.0 Å². The molecular weight excluding hydrogens is 314 g/mol. The number of aryl methyl sites for hydroxylation is 1. The van der Waals surface area contributed by atoms with Gasteiger partial charge < -0.3 is 0 Å². The first-order chi connectivity index (χ1) is 9.78. The van der Waals surface area contributed by atoms with E-state index in [2.05, 4.69) is 27.4 Å². The molecule has 3 aromatic rings. The van der Waals surface area contributed by atoms with Crippen LogP contribution in [0.25, 0.3) is 10.2 Å². The molecule has 5 nitrogen and oxygen atoms in total. The van der Waals surface area contributed by atoms with Crippen LogP contribution in [0.3, 0.4) is 0 Å². The molecule has 0 saturated carbocycles. The third-order valence-corrected chi connectivity index (χ3v) is 5.11. The lowest BCUT2D eigenvalue weighted by molar-refractivity contribution is 0.518. The number of tetrazole rings is 1. The van der Waals surface area contributed by atoms with Crippen molar-refractivity contribution < 1.29 is 0 Å². The van der Waals surface area contributed by atoms with Gasteiger partial charge in [-0.2, -0.15) is 0 Å². The first-order valence-electron chi connectivity index (χ1n) is 6.27. The number of nitrogens with zero attached hydrogens (tertiary/aromatic N) is 5. The SMILES string of the molecule is CCCCn1nnnc1Sc1nc2c(Cl)cccc2s1. The van der Waals surface area contributed by atoms with Gasteiger partial charge in [0.1, 0.15) is 5.52 Å². The highest BCUT2D eigenvalue weighted by molar-refractivity contribution is 8.01. The molecule has 0 aliphatic rings. The van der Waals surface area contributed by atoms with Crippen molar-refractivity contribution in [3.8, 4) is 0 Å². The van der Waals surface area contributed by atoms with Gasteiger partial charge in [0.15, 0.2) is 4.34 Å². The van der Waals surface area contributed by atoms with Crippen molar-refractivity contribution in [2.75, 3.05) is 0 Å². The Bertz CT molecular complexity index is 724. The van der Waals surface area contributed by atoms with Crippen molar-refractivity contribution in [2.45, 2.75) is 35.8 Å². The van der Waals surface area contributed by atoms with E-state index in [1.54, 1.807) is 11.3 Å². The van der Waals surface area contributed by atoms with Gasteiger partial charge in [0.2, 0.25) is 5.16 Å². The maximum Gasteiger partial charge on any atom is 0.216 e. The second kappa shape index (κ2) is 6.07. The van der Waals surface area contributed by atoms with Crippen LogP contribution in [0, 0.1) is 0 Å². The minimum atomic E-state index is 0.677. The highest BCUT2D eigenvalue weighted by atomic mass is 35.5. The van der Waals surface area contributed by atoms with Crippen LogP contribution >= 0.6 is 34.7 Å². The molecule has 0 bridgehead atoms. The van der Waals surface area contributed by atoms with Gasteiger partial charge >= 0.3 is 0 Å². The van der Waals surface area contributed by atoms with E-state index in [-0.39, 0.29) is 0 Å². The number of hydrogen-bond donors (Lipinski definition) is 0. The minimum absolute atomic E-state index is 0.677. The first kappa shape index (κ1) is 13.8. The Balaban J connectivity index is 1.86. The van der Waals surface area contributed by atoms with Crippen molar-refractivity contribution in [1.29, 1.82) is 0 Å². The normalized spacial score (nSPS) is 11.3. The minimum Gasteiger partial charge on any atom is -0.228 e. The van der Waals surface area contributed by atoms with Crippen LogP contribution in [0.5, 0.6) is 0 Å². The zero-order valence-electron chi connectivity index (χ0n) is 10.8. The molecule has 20 heavy (non-hydrogen) atoms. The van der Waals surface area contributed by atoms with Crippen LogP contribution in [0.4, 0.5) is 0 Å². The number of fused-ring (bicyclic) bond motifs is 1. The van der Waals surface area contributed by atoms with Crippen molar-refractivity contribution >= 4 is 44.9 Å². The molecule has 0 N–H and O–H groups in total. The topological polar surface area (TPSA) is 56.5 Å². The van der Waals surface area contributed by atoms with E-state index in [1.807, 2.05) is 22.9 Å². The Morgan fingerprint density at radius 2 is 2.30 bits per heavy atom. The summed E-state index contributed by atoms with van der Waals surface area (Å²) >= 11 is 9.22. The predicted octanol–water partition coefficient (Wildman–Crippen LogP) is 3.89. The Morgan fingerprint density at radius 1 is 1.40 bits per heavy atom. The summed E-state index contributed by atoms with van der Waals surface area (Å²) in [7, 11) is 0. The van der Waals surface area contributed by atoms with Gasteiger partial charge in [0.05, 0.1) is 9.72 Å². The maximum absolute atomic E-state index is 6.14. The second-order valence-electron chi connectivity index (χ2n) is 4.21. The molecule has 0 spiro atoms. The zero-order chi connectivity index (χ0) is 13.9. The number of aromatic nitrogens is 5. The summed E-state index contributed by atoms with van der Waals surface area (Å²) in [5, 5.41) is 13.2. The van der Waals surface area contributed by atoms with Crippen LogP contribution in [0.1, 0.15) is 19.8 Å². The van der Waals surface area contributed by atoms with E-state index in [4.69, 9.17) is 11.6 Å². The van der Waals surface area contributed by atoms with Crippen LogP contribution < -0.4 is 0 Å². The molecule has 3 rings (SSSR count). The summed E-state index contributed by atoms with van der Waals surface area (Å²) in [5.74, 6) is 0. The Kier molecular flexibility index (Phi) is 4.18. The molecule has 0 unspecified atom stereocenters. The van der Waals surface area contributed by atoms with Gasteiger partial charge in [0, 0.05) is 6.54 Å². The summed E-state index contributed by atoms with van der Waals surface area (Å²) < 4.78 is 3.80. The van der Waals surface area contributed by atoms with Crippen molar-refractivity contribution in [2.24, 2.45) is 0 Å². The summed E-state index contributed by atoms with van der Waals surface area (Å²) in [6, 6.07) is 5.80. The highest BCUT2D eigenvalue weighted by Crippen LogP contribution is 2.35. The van der Waals surface area contributed by atoms with Crippen molar-refractivity contribution in [3.05, 3.63) is 23.2 Å². The lowest BCUT2D eigenvalue weighted by Crippen LogP contribution is -2.01. The summed E-state index contributed by atoms with van der Waals surface area (Å²) in [6.45, 7) is 2.98. The number of rotatable bonds is 5. The van der Waals surface area contributed by atoms with E-state index in [0.717, 1.165) is 39.1 Å². The molecule has 0 aliphatic heterocycles. The number of para-hydroxylation sites is 1. The van der Waals surface area contributed by atoms with Gasteiger partial charge in [0.25, 0.3) is 0 Å². The molecule has 0 atom stereocenters. The van der Waals surface area contributed by atoms with E-state index in [1.165, 1.54) is 11.8 Å². The molecule has 0 saturated heterocycles. The monoisotopic (exact) mass is 325 g/mol. The number of hydrogen-bond acceptors (Lipinski definition) is 6. The van der Waals surface area contributed by atoms with Crippen LogP contribution in [-0.4, -0.2) is 25.2 Å². The third-order valence-electron chi connectivity index (χ3n) is 2.75. The van der Waals surface area contributed by atoms with E-state index < -0.39 is 0 Å². The number of halogens is 1. The van der Waals surface area contributed by atoms with Crippen LogP contribution in [0.2, 0.25) is 5.02 Å². The number of benzene rings is 1. The summed E-state index contributed by atoms with van der Waals surface area (Å²) in [5.41, 5.74) is 0.842. The largest absolute Gasteiger partial charge is 0.228 e.